The number of thiol groups is 4. The Kier molecular flexibility index (Phi) is 11.6. The van der Waals surface area contributed by atoms with Crippen molar-refractivity contribution in [3.8, 4) is 0 Å². The molecule has 52 heavy (non-hydrogen) atoms. The second-order valence-corrected chi connectivity index (χ2v) is 21.4. The fourth-order valence-electron chi connectivity index (χ4n) is 7.31. The van der Waals surface area contributed by atoms with Gasteiger partial charge in [-0.1, -0.05) is 133 Å². The van der Waals surface area contributed by atoms with E-state index in [0.717, 1.165) is 21.8 Å². The topological polar surface area (TPSA) is 0 Å². The summed E-state index contributed by atoms with van der Waals surface area (Å²) < 4.78 is 1.38. The summed E-state index contributed by atoms with van der Waals surface area (Å²) in [5.41, 5.74) is 2.13. The summed E-state index contributed by atoms with van der Waals surface area (Å²) in [5.74, 6) is 0. The SMILES string of the molecule is SC(S)=C(c1ccc(C(=C(S)S)[P+](c2ccccc2)(c2ccccc2)c2ccccc2)cc1)[P+](c1ccccc1)(c1ccccc1)c1ccccc1. The molecule has 0 saturated heterocycles. The van der Waals surface area contributed by atoms with Gasteiger partial charge in [0.1, 0.15) is 57.0 Å². The second kappa shape index (κ2) is 16.5. The Labute approximate surface area is 331 Å². The molecule has 0 aromatic heterocycles. The Hall–Kier alpha value is -3.72. The van der Waals surface area contributed by atoms with E-state index in [-0.39, 0.29) is 0 Å². The van der Waals surface area contributed by atoms with Crippen LogP contribution in [0.2, 0.25) is 0 Å². The van der Waals surface area contributed by atoms with Crippen LogP contribution in [0, 0.1) is 0 Å². The third kappa shape index (κ3) is 6.78. The van der Waals surface area contributed by atoms with E-state index in [1.165, 1.54) is 31.8 Å². The Bertz CT molecular complexity index is 1930. The number of benzene rings is 7. The maximum Gasteiger partial charge on any atom is 0.146 e. The van der Waals surface area contributed by atoms with Crippen molar-refractivity contribution in [3.05, 3.63) is 226 Å². The molecule has 0 aliphatic heterocycles. The van der Waals surface area contributed by atoms with E-state index in [0.29, 0.717) is 8.47 Å². The zero-order valence-corrected chi connectivity index (χ0v) is 33.7. The zero-order valence-electron chi connectivity index (χ0n) is 28.3. The number of hydrogen-bond donors (Lipinski definition) is 4. The van der Waals surface area contributed by atoms with Gasteiger partial charge in [0.15, 0.2) is 0 Å². The van der Waals surface area contributed by atoms with Crippen LogP contribution in [0.3, 0.4) is 0 Å². The van der Waals surface area contributed by atoms with E-state index in [4.69, 9.17) is 50.5 Å². The standard InChI is InChI=1S/C46H36P2S4/c49-45(50)43(47(37-19-7-1-8-20-37,38-21-9-2-10-22-38)39-23-11-3-12-24-39)35-31-33-36(34-32-35)44(46(51)52)48(40-25-13-4-14-26-40,41-27-15-5-16-28-41)42-29-17-6-18-30-42/h1-34H,(H2-2,49,50,51,52)/p+2. The molecule has 0 atom stereocenters. The van der Waals surface area contributed by atoms with Gasteiger partial charge in [0.2, 0.25) is 0 Å². The molecule has 0 amide bonds. The molecule has 254 valence electrons. The molecule has 0 aliphatic carbocycles. The first-order valence-corrected chi connectivity index (χ1v) is 22.3. The summed E-state index contributed by atoms with van der Waals surface area (Å²) >= 11 is 20.3. The van der Waals surface area contributed by atoms with E-state index in [9.17, 15) is 0 Å². The molecule has 7 rings (SSSR count). The Morgan fingerprint density at radius 2 is 0.423 bits per heavy atom. The maximum atomic E-state index is 5.08. The molecule has 0 heterocycles. The first kappa shape index (κ1) is 36.6. The molecule has 0 unspecified atom stereocenters. The van der Waals surface area contributed by atoms with Gasteiger partial charge in [0.25, 0.3) is 0 Å². The summed E-state index contributed by atoms with van der Waals surface area (Å²) in [4.78, 5) is 0. The lowest BCUT2D eigenvalue weighted by Crippen LogP contribution is -2.32. The maximum absolute atomic E-state index is 5.08. The first-order chi connectivity index (χ1) is 25.5. The predicted molar refractivity (Wildman–Crippen MR) is 247 cm³/mol. The van der Waals surface area contributed by atoms with Gasteiger partial charge < -0.3 is 0 Å². The molecule has 7 aromatic carbocycles. The highest BCUT2D eigenvalue weighted by molar-refractivity contribution is 8.10. The molecule has 0 nitrogen and oxygen atoms in total. The summed E-state index contributed by atoms with van der Waals surface area (Å²) in [6.07, 6.45) is 0. The van der Waals surface area contributed by atoms with Gasteiger partial charge in [-0.2, -0.15) is 0 Å². The van der Waals surface area contributed by atoms with Crippen molar-refractivity contribution in [3.63, 3.8) is 0 Å². The Balaban J connectivity index is 1.49. The van der Waals surface area contributed by atoms with E-state index in [2.05, 4.69) is 206 Å². The second-order valence-electron chi connectivity index (χ2n) is 12.3. The third-order valence-electron chi connectivity index (χ3n) is 9.39. The van der Waals surface area contributed by atoms with Crippen LogP contribution >= 0.6 is 65.0 Å². The molecular weight excluding hydrogens is 743 g/mol. The van der Waals surface area contributed by atoms with Gasteiger partial charge in [0.05, 0.1) is 8.47 Å². The monoisotopic (exact) mass is 780 g/mol. The average molecular weight is 781 g/mol. The lowest BCUT2D eigenvalue weighted by atomic mass is 10.1. The van der Waals surface area contributed by atoms with Crippen molar-refractivity contribution in [2.24, 2.45) is 0 Å². The molecule has 0 spiro atoms. The molecule has 0 radical (unpaired) electrons. The smallest absolute Gasteiger partial charge is 0.133 e. The molecule has 7 aromatic rings. The quantitative estimate of drug-likeness (QED) is 0.0771. The molecular formula is C46H38P2S4+2. The minimum atomic E-state index is -2.48. The van der Waals surface area contributed by atoms with Crippen LogP contribution in [0.1, 0.15) is 11.1 Å². The minimum absolute atomic E-state index is 0.692. The van der Waals surface area contributed by atoms with Crippen molar-refractivity contribution in [2.75, 3.05) is 0 Å². The summed E-state index contributed by atoms with van der Waals surface area (Å²) in [5, 5.41) is 9.64. The van der Waals surface area contributed by atoms with Crippen LogP contribution in [0.5, 0.6) is 0 Å². The third-order valence-corrected chi connectivity index (χ3v) is 19.7. The molecule has 0 aliphatic rings. The summed E-state index contributed by atoms with van der Waals surface area (Å²) in [6.45, 7) is 0. The summed E-state index contributed by atoms with van der Waals surface area (Å²) in [6, 6.07) is 74.0. The fourth-order valence-corrected chi connectivity index (χ4v) is 18.4. The largest absolute Gasteiger partial charge is 0.146 e. The van der Waals surface area contributed by atoms with E-state index in [1.54, 1.807) is 0 Å². The van der Waals surface area contributed by atoms with E-state index < -0.39 is 14.5 Å². The van der Waals surface area contributed by atoms with Crippen LogP contribution in [0.15, 0.2) is 215 Å². The molecule has 6 heteroatoms. The van der Waals surface area contributed by atoms with Gasteiger partial charge in [-0.25, -0.2) is 0 Å². The highest BCUT2D eigenvalue weighted by atomic mass is 32.2. The van der Waals surface area contributed by atoms with Gasteiger partial charge in [-0.3, -0.25) is 0 Å². The van der Waals surface area contributed by atoms with Crippen LogP contribution in [-0.4, -0.2) is 0 Å². The minimum Gasteiger partial charge on any atom is -0.133 e. The van der Waals surface area contributed by atoms with E-state index in [1.807, 2.05) is 0 Å². The highest BCUT2D eigenvalue weighted by Crippen LogP contribution is 2.70. The van der Waals surface area contributed by atoms with Crippen molar-refractivity contribution < 1.29 is 0 Å². The predicted octanol–water partition coefficient (Wildman–Crippen LogP) is 10.6. The van der Waals surface area contributed by atoms with Crippen molar-refractivity contribution >= 4 is 107 Å². The normalized spacial score (nSPS) is 11.5. The zero-order chi connectivity index (χ0) is 36.0. The Morgan fingerprint density at radius 1 is 0.250 bits per heavy atom. The van der Waals surface area contributed by atoms with Crippen molar-refractivity contribution in [2.45, 2.75) is 0 Å². The van der Waals surface area contributed by atoms with Gasteiger partial charge in [0, 0.05) is 11.1 Å². The molecule has 0 bridgehead atoms. The number of hydrogen-bond acceptors (Lipinski definition) is 4. The lowest BCUT2D eigenvalue weighted by Gasteiger charge is -2.31. The van der Waals surface area contributed by atoms with Crippen molar-refractivity contribution in [1.82, 2.24) is 0 Å². The van der Waals surface area contributed by atoms with Crippen LogP contribution in [-0.2, 0) is 0 Å². The van der Waals surface area contributed by atoms with E-state index >= 15 is 0 Å². The molecule has 0 saturated carbocycles. The van der Waals surface area contributed by atoms with Gasteiger partial charge in [-0.15, -0.1) is 50.5 Å². The lowest BCUT2D eigenvalue weighted by molar-refractivity contribution is 1.60. The molecule has 0 N–H and O–H groups in total. The highest BCUT2D eigenvalue weighted by Gasteiger charge is 2.53. The molecule has 0 fully saturated rings. The van der Waals surface area contributed by atoms with Crippen LogP contribution in [0.4, 0.5) is 0 Å². The van der Waals surface area contributed by atoms with Crippen molar-refractivity contribution in [1.29, 1.82) is 0 Å². The van der Waals surface area contributed by atoms with Crippen LogP contribution in [0.25, 0.3) is 10.6 Å². The van der Waals surface area contributed by atoms with Gasteiger partial charge >= 0.3 is 0 Å². The summed E-state index contributed by atoms with van der Waals surface area (Å²) in [7, 11) is -4.97. The Morgan fingerprint density at radius 3 is 0.577 bits per heavy atom. The average Bonchev–Trinajstić information content (AvgIpc) is 3.21. The van der Waals surface area contributed by atoms with Crippen LogP contribution < -0.4 is 31.8 Å². The first-order valence-electron chi connectivity index (χ1n) is 17.0. The fraction of sp³-hybridized carbons (Fsp3) is 0. The number of rotatable bonds is 10. The van der Waals surface area contributed by atoms with Gasteiger partial charge in [-0.05, 0) is 72.8 Å².